The zero-order chi connectivity index (χ0) is 16.4. The van der Waals surface area contributed by atoms with Crippen LogP contribution in [0.4, 0.5) is 0 Å². The molecule has 3 N–H and O–H groups in total. The minimum atomic E-state index is -1.39. The molecule has 6 nitrogen and oxygen atoms in total. The first-order chi connectivity index (χ1) is 10.9. The Kier molecular flexibility index (Phi) is 3.20. The Morgan fingerprint density at radius 1 is 1.35 bits per heavy atom. The van der Waals surface area contributed by atoms with Crippen molar-refractivity contribution in [2.24, 2.45) is 5.92 Å². The predicted octanol–water partition coefficient (Wildman–Crippen LogP) is 0.0808. The van der Waals surface area contributed by atoms with E-state index in [0.29, 0.717) is 12.8 Å². The molecular formula is C17H21NO5. The van der Waals surface area contributed by atoms with Crippen LogP contribution in [0.3, 0.4) is 0 Å². The SMILES string of the molecule is CN1CCC2C3Oc4cc(ccc4O)CC1C2(O)C(O)CC3=O. The van der Waals surface area contributed by atoms with Gasteiger partial charge < -0.3 is 25.0 Å². The van der Waals surface area contributed by atoms with Gasteiger partial charge in [0.15, 0.2) is 23.4 Å². The fourth-order valence-electron chi connectivity index (χ4n) is 4.49. The Morgan fingerprint density at radius 2 is 2.13 bits per heavy atom. The molecule has 2 fully saturated rings. The first kappa shape index (κ1) is 14.9. The van der Waals surface area contributed by atoms with E-state index < -0.39 is 23.7 Å². The van der Waals surface area contributed by atoms with E-state index in [4.69, 9.17) is 4.74 Å². The van der Waals surface area contributed by atoms with Crippen LogP contribution < -0.4 is 4.74 Å². The number of carbonyl (C=O) groups is 1. The summed E-state index contributed by atoms with van der Waals surface area (Å²) in [5.74, 6) is -0.438. The maximum Gasteiger partial charge on any atom is 0.176 e. The van der Waals surface area contributed by atoms with Crippen molar-refractivity contribution in [2.75, 3.05) is 13.6 Å². The van der Waals surface area contributed by atoms with E-state index in [0.717, 1.165) is 12.1 Å². The summed E-state index contributed by atoms with van der Waals surface area (Å²) < 4.78 is 5.83. The second-order valence-electron chi connectivity index (χ2n) is 7.01. The molecule has 2 aliphatic heterocycles. The van der Waals surface area contributed by atoms with Crippen molar-refractivity contribution in [2.45, 2.75) is 43.1 Å². The van der Waals surface area contributed by atoms with Crippen molar-refractivity contribution < 1.29 is 24.9 Å². The highest BCUT2D eigenvalue weighted by Gasteiger charge is 2.61. The van der Waals surface area contributed by atoms with Crippen LogP contribution in [0.2, 0.25) is 0 Å². The number of aliphatic hydroxyl groups is 2. The van der Waals surface area contributed by atoms with Crippen molar-refractivity contribution in [1.82, 2.24) is 4.90 Å². The molecule has 0 spiro atoms. The minimum absolute atomic E-state index is 0.0130. The predicted molar refractivity (Wildman–Crippen MR) is 81.3 cm³/mol. The first-order valence-electron chi connectivity index (χ1n) is 8.03. The molecule has 0 radical (unpaired) electrons. The van der Waals surface area contributed by atoms with Gasteiger partial charge in [-0.3, -0.25) is 4.79 Å². The Hall–Kier alpha value is -1.63. The van der Waals surface area contributed by atoms with E-state index >= 15 is 0 Å². The van der Waals surface area contributed by atoms with Gasteiger partial charge in [0, 0.05) is 18.4 Å². The molecule has 6 heteroatoms. The smallest absolute Gasteiger partial charge is 0.176 e. The zero-order valence-electron chi connectivity index (χ0n) is 13.0. The molecule has 5 atom stereocenters. The topological polar surface area (TPSA) is 90.2 Å². The second kappa shape index (κ2) is 4.93. The van der Waals surface area contributed by atoms with Crippen LogP contribution in [-0.2, 0) is 11.2 Å². The number of phenolic OH excluding ortho intramolecular Hbond substituents is 1. The van der Waals surface area contributed by atoms with Crippen LogP contribution in [0.1, 0.15) is 18.4 Å². The summed E-state index contributed by atoms with van der Waals surface area (Å²) in [6.45, 7) is 0.722. The monoisotopic (exact) mass is 319 g/mol. The number of piperidine rings is 1. The van der Waals surface area contributed by atoms with Gasteiger partial charge in [-0.05, 0) is 44.1 Å². The van der Waals surface area contributed by atoms with Gasteiger partial charge in [0.05, 0.1) is 6.10 Å². The molecule has 5 unspecified atom stereocenters. The summed E-state index contributed by atoms with van der Waals surface area (Å²) in [6, 6.07) is 4.76. The number of hydrogen-bond donors (Lipinski definition) is 3. The molecule has 1 aromatic rings. The molecule has 1 aromatic carbocycles. The fraction of sp³-hybridized carbons (Fsp3) is 0.588. The van der Waals surface area contributed by atoms with Crippen LogP contribution in [-0.4, -0.2) is 63.4 Å². The number of carbonyl (C=O) groups excluding carboxylic acids is 1. The Bertz CT molecular complexity index is 662. The first-order valence-corrected chi connectivity index (χ1v) is 8.03. The fourth-order valence-corrected chi connectivity index (χ4v) is 4.49. The van der Waals surface area contributed by atoms with Crippen LogP contribution in [0, 0.1) is 5.92 Å². The van der Waals surface area contributed by atoms with E-state index in [1.165, 1.54) is 0 Å². The number of aliphatic hydroxyl groups excluding tert-OH is 1. The van der Waals surface area contributed by atoms with Crippen LogP contribution >= 0.6 is 0 Å². The average Bonchev–Trinajstić information content (AvgIpc) is 2.51. The van der Waals surface area contributed by atoms with Crippen LogP contribution in [0.15, 0.2) is 18.2 Å². The van der Waals surface area contributed by atoms with Crippen molar-refractivity contribution in [1.29, 1.82) is 0 Å². The van der Waals surface area contributed by atoms with Crippen molar-refractivity contribution >= 4 is 5.78 Å². The lowest BCUT2D eigenvalue weighted by atomic mass is 9.63. The molecule has 4 rings (SSSR count). The summed E-state index contributed by atoms with van der Waals surface area (Å²) in [5.41, 5.74) is -0.496. The van der Waals surface area contributed by atoms with Crippen LogP contribution in [0.25, 0.3) is 0 Å². The van der Waals surface area contributed by atoms with Crippen LogP contribution in [0.5, 0.6) is 11.5 Å². The number of hydrogen-bond acceptors (Lipinski definition) is 6. The highest BCUT2D eigenvalue weighted by Crippen LogP contribution is 2.46. The van der Waals surface area contributed by atoms with E-state index in [1.807, 2.05) is 11.9 Å². The number of rotatable bonds is 0. The molecule has 124 valence electrons. The molecule has 2 heterocycles. The number of ketones is 1. The number of benzene rings is 1. The third-order valence-electron chi connectivity index (χ3n) is 5.77. The van der Waals surface area contributed by atoms with E-state index in [9.17, 15) is 20.1 Å². The van der Waals surface area contributed by atoms with Gasteiger partial charge in [0.1, 0.15) is 5.60 Å². The molecule has 6 bridgehead atoms. The molecule has 1 aliphatic carbocycles. The molecular weight excluding hydrogens is 298 g/mol. The minimum Gasteiger partial charge on any atom is -0.504 e. The third-order valence-corrected chi connectivity index (χ3v) is 5.77. The van der Waals surface area contributed by atoms with Crippen molar-refractivity contribution in [3.8, 4) is 11.5 Å². The Morgan fingerprint density at radius 3 is 2.91 bits per heavy atom. The van der Waals surface area contributed by atoms with Gasteiger partial charge in [-0.25, -0.2) is 0 Å². The normalized spacial score (nSPS) is 39.9. The maximum absolute atomic E-state index is 12.4. The summed E-state index contributed by atoms with van der Waals surface area (Å²) in [6.07, 6.45) is -0.971. The van der Waals surface area contributed by atoms with Gasteiger partial charge >= 0.3 is 0 Å². The summed E-state index contributed by atoms with van der Waals surface area (Å²) >= 11 is 0. The largest absolute Gasteiger partial charge is 0.504 e. The summed E-state index contributed by atoms with van der Waals surface area (Å²) in [7, 11) is 1.93. The summed E-state index contributed by atoms with van der Waals surface area (Å²) in [5, 5.41) is 31.9. The standard InChI is InChI=1S/C17H21NO5/c1-18-5-4-10-16-12(20)8-15(21)17(10,22)14(18)7-9-2-3-11(19)13(6-9)23-16/h2-3,6,10,14-16,19,21-22H,4-5,7-8H2,1H3. The molecule has 0 aromatic heterocycles. The third kappa shape index (κ3) is 2.02. The second-order valence-corrected chi connectivity index (χ2v) is 7.01. The van der Waals surface area contributed by atoms with Crippen molar-refractivity contribution in [3.63, 3.8) is 0 Å². The number of fused-ring (bicyclic) bond motifs is 2. The molecule has 1 saturated carbocycles. The van der Waals surface area contributed by atoms with E-state index in [2.05, 4.69) is 0 Å². The van der Waals surface area contributed by atoms with Gasteiger partial charge in [-0.1, -0.05) is 6.07 Å². The Labute approximate surface area is 134 Å². The maximum atomic E-state index is 12.4. The highest BCUT2D eigenvalue weighted by molar-refractivity contribution is 5.86. The lowest BCUT2D eigenvalue weighted by Gasteiger charge is -2.55. The highest BCUT2D eigenvalue weighted by atomic mass is 16.5. The Balaban J connectivity index is 1.90. The number of likely N-dealkylation sites (tertiary alicyclic amines) is 1. The van der Waals surface area contributed by atoms with Crippen molar-refractivity contribution in [3.05, 3.63) is 23.8 Å². The molecule has 23 heavy (non-hydrogen) atoms. The molecule has 1 saturated heterocycles. The van der Waals surface area contributed by atoms with E-state index in [1.54, 1.807) is 18.2 Å². The number of likely N-dealkylation sites (N-methyl/N-ethyl adjacent to an activating group) is 1. The zero-order valence-corrected chi connectivity index (χ0v) is 13.0. The van der Waals surface area contributed by atoms with Gasteiger partial charge in [-0.2, -0.15) is 0 Å². The van der Waals surface area contributed by atoms with Gasteiger partial charge in [-0.15, -0.1) is 0 Å². The average molecular weight is 319 g/mol. The lowest BCUT2D eigenvalue weighted by molar-refractivity contribution is -0.214. The number of ether oxygens (including phenoxy) is 1. The number of aromatic hydroxyl groups is 1. The number of Topliss-reactive ketones (excluding diaryl/α,β-unsaturated/α-hetero) is 1. The van der Waals surface area contributed by atoms with Gasteiger partial charge in [0.25, 0.3) is 0 Å². The molecule has 0 amide bonds. The quantitative estimate of drug-likeness (QED) is 0.627. The summed E-state index contributed by atoms with van der Waals surface area (Å²) in [4.78, 5) is 14.5. The van der Waals surface area contributed by atoms with Gasteiger partial charge in [0.2, 0.25) is 0 Å². The number of nitrogens with zero attached hydrogens (tertiary/aromatic N) is 1. The lowest BCUT2D eigenvalue weighted by Crippen LogP contribution is -2.72. The number of phenols is 1. The molecule has 3 aliphatic rings. The van der Waals surface area contributed by atoms with E-state index in [-0.39, 0.29) is 29.7 Å².